The molecule has 0 saturated heterocycles. The lowest BCUT2D eigenvalue weighted by atomic mass is 9.85. The quantitative estimate of drug-likeness (QED) is 0.428. The number of hydrogen-bond donors (Lipinski definition) is 1. The number of Topliss-reactive ketones (excluding diaryl/α,β-unsaturated/α-hetero) is 1. The molecule has 0 spiro atoms. The number of aliphatic hydroxyl groups excluding tert-OH is 1. The average molecular weight is 427 g/mol. The molecule has 1 saturated carbocycles. The summed E-state index contributed by atoms with van der Waals surface area (Å²) in [5.74, 6) is -0.846. The number of carbonyl (C=O) groups is 1. The second-order valence-electron chi connectivity index (χ2n) is 7.68. The molecular weight excluding hydrogens is 402 g/mol. The number of carbonyl (C=O) groups excluding carboxylic acids is 1. The van der Waals surface area contributed by atoms with E-state index < -0.39 is 17.7 Å². The summed E-state index contributed by atoms with van der Waals surface area (Å²) < 4.78 is 26.8. The van der Waals surface area contributed by atoms with Crippen molar-refractivity contribution in [3.8, 4) is 0 Å². The van der Waals surface area contributed by atoms with Crippen LogP contribution in [0.1, 0.15) is 52.7 Å². The standard InChI is InChI=1S/C22H25ClF2O2S/c1-13(26)22-8-6-17(28-22)3-2-4-18-19(21(27)12-20(18)23)7-5-14-9-15(24)11-16(25)10-14/h6,8-11,18-21,27H,2-5,7,12H2,1H3/t18-,19-,20-,21-/m1/s1. The molecule has 6 heteroatoms. The van der Waals surface area contributed by atoms with Gasteiger partial charge in [-0.05, 0) is 87.1 Å². The van der Waals surface area contributed by atoms with E-state index in [-0.39, 0.29) is 23.0 Å². The van der Waals surface area contributed by atoms with Crippen molar-refractivity contribution < 1.29 is 18.7 Å². The minimum absolute atomic E-state index is 0.0324. The van der Waals surface area contributed by atoms with Crippen molar-refractivity contribution in [3.05, 3.63) is 57.3 Å². The van der Waals surface area contributed by atoms with E-state index in [1.165, 1.54) is 28.3 Å². The Labute approximate surface area is 173 Å². The van der Waals surface area contributed by atoms with Crippen LogP contribution in [-0.2, 0) is 12.8 Å². The van der Waals surface area contributed by atoms with E-state index in [4.69, 9.17) is 11.6 Å². The molecule has 0 radical (unpaired) electrons. The lowest BCUT2D eigenvalue weighted by molar-refractivity contribution is 0.102. The summed E-state index contributed by atoms with van der Waals surface area (Å²) in [6.45, 7) is 1.57. The molecule has 1 heterocycles. The first kappa shape index (κ1) is 21.4. The SMILES string of the molecule is CC(=O)c1ccc(CCC[C@@H]2[C@@H](CCc3cc(F)cc(F)c3)[C@H](O)C[C@H]2Cl)s1. The van der Waals surface area contributed by atoms with Gasteiger partial charge in [0.1, 0.15) is 11.6 Å². The highest BCUT2D eigenvalue weighted by molar-refractivity contribution is 7.14. The van der Waals surface area contributed by atoms with Crippen LogP contribution in [0, 0.1) is 23.5 Å². The number of rotatable bonds is 8. The lowest BCUT2D eigenvalue weighted by Gasteiger charge is -2.23. The molecular formula is C22H25ClF2O2S. The Morgan fingerprint density at radius 1 is 1.14 bits per heavy atom. The van der Waals surface area contributed by atoms with E-state index in [0.29, 0.717) is 24.8 Å². The van der Waals surface area contributed by atoms with Gasteiger partial charge in [-0.2, -0.15) is 0 Å². The molecule has 1 aliphatic carbocycles. The first-order valence-corrected chi connectivity index (χ1v) is 11.0. The van der Waals surface area contributed by atoms with E-state index in [0.717, 1.165) is 30.2 Å². The molecule has 1 N–H and O–H groups in total. The van der Waals surface area contributed by atoms with Crippen LogP contribution >= 0.6 is 22.9 Å². The van der Waals surface area contributed by atoms with Gasteiger partial charge in [-0.3, -0.25) is 4.79 Å². The first-order valence-electron chi connectivity index (χ1n) is 9.70. The molecule has 2 nitrogen and oxygen atoms in total. The third kappa shape index (κ3) is 5.40. The van der Waals surface area contributed by atoms with Crippen LogP contribution in [0.2, 0.25) is 0 Å². The maximum Gasteiger partial charge on any atom is 0.169 e. The second kappa shape index (κ2) is 9.47. The molecule has 0 bridgehead atoms. The average Bonchev–Trinajstić information content (AvgIpc) is 3.18. The van der Waals surface area contributed by atoms with Crippen LogP contribution in [0.3, 0.4) is 0 Å². The van der Waals surface area contributed by atoms with E-state index in [1.54, 1.807) is 6.92 Å². The van der Waals surface area contributed by atoms with Crippen LogP contribution < -0.4 is 0 Å². The summed E-state index contributed by atoms with van der Waals surface area (Å²) in [7, 11) is 0. The topological polar surface area (TPSA) is 37.3 Å². The highest BCUT2D eigenvalue weighted by atomic mass is 35.5. The summed E-state index contributed by atoms with van der Waals surface area (Å²) in [6.07, 6.45) is 3.97. The molecule has 1 aliphatic rings. The summed E-state index contributed by atoms with van der Waals surface area (Å²) in [6, 6.07) is 7.43. The van der Waals surface area contributed by atoms with E-state index >= 15 is 0 Å². The largest absolute Gasteiger partial charge is 0.393 e. The van der Waals surface area contributed by atoms with E-state index in [1.807, 2.05) is 12.1 Å². The molecule has 4 atom stereocenters. The van der Waals surface area contributed by atoms with E-state index in [2.05, 4.69) is 0 Å². The predicted octanol–water partition coefficient (Wildman–Crippen LogP) is 5.79. The second-order valence-corrected chi connectivity index (χ2v) is 9.41. The number of alkyl halides is 1. The number of ketones is 1. The smallest absolute Gasteiger partial charge is 0.169 e. The van der Waals surface area contributed by atoms with Gasteiger partial charge in [0.2, 0.25) is 0 Å². The third-order valence-corrected chi connectivity index (χ3v) is 7.38. The minimum Gasteiger partial charge on any atom is -0.393 e. The maximum atomic E-state index is 13.4. The highest BCUT2D eigenvalue weighted by Gasteiger charge is 2.40. The molecule has 1 aromatic carbocycles. The van der Waals surface area contributed by atoms with Crippen molar-refractivity contribution in [3.63, 3.8) is 0 Å². The zero-order valence-electron chi connectivity index (χ0n) is 15.8. The number of aryl methyl sites for hydroxylation is 2. The predicted molar refractivity (Wildman–Crippen MR) is 109 cm³/mol. The third-order valence-electron chi connectivity index (χ3n) is 5.63. The first-order chi connectivity index (χ1) is 13.3. The molecule has 0 unspecified atom stereocenters. The molecule has 28 heavy (non-hydrogen) atoms. The lowest BCUT2D eigenvalue weighted by Crippen LogP contribution is -2.21. The summed E-state index contributed by atoms with van der Waals surface area (Å²) >= 11 is 8.04. The Bertz CT molecular complexity index is 802. The summed E-state index contributed by atoms with van der Waals surface area (Å²) in [5.41, 5.74) is 0.608. The molecule has 0 amide bonds. The van der Waals surface area contributed by atoms with E-state index in [9.17, 15) is 18.7 Å². The Balaban J connectivity index is 1.56. The minimum atomic E-state index is -0.574. The monoisotopic (exact) mass is 426 g/mol. The van der Waals surface area contributed by atoms with Gasteiger partial charge in [0.25, 0.3) is 0 Å². The Morgan fingerprint density at radius 3 is 2.50 bits per heavy atom. The fourth-order valence-corrected chi connectivity index (χ4v) is 5.68. The van der Waals surface area contributed by atoms with Gasteiger partial charge in [-0.1, -0.05) is 0 Å². The fraction of sp³-hybridized carbons (Fsp3) is 0.500. The molecule has 152 valence electrons. The number of hydrogen-bond acceptors (Lipinski definition) is 3. The van der Waals surface area contributed by atoms with Crippen molar-refractivity contribution in [1.29, 1.82) is 0 Å². The Hall–Kier alpha value is -1.30. The maximum absolute atomic E-state index is 13.4. The summed E-state index contributed by atoms with van der Waals surface area (Å²) in [4.78, 5) is 13.4. The van der Waals surface area contributed by atoms with Crippen LogP contribution in [0.4, 0.5) is 8.78 Å². The Kier molecular flexibility index (Phi) is 7.24. The zero-order valence-corrected chi connectivity index (χ0v) is 17.4. The van der Waals surface area contributed by atoms with Gasteiger partial charge in [-0.15, -0.1) is 22.9 Å². The highest BCUT2D eigenvalue weighted by Crippen LogP contribution is 2.41. The fourth-order valence-electron chi connectivity index (χ4n) is 4.24. The van der Waals surface area contributed by atoms with Crippen molar-refractivity contribution in [1.82, 2.24) is 0 Å². The molecule has 1 fully saturated rings. The van der Waals surface area contributed by atoms with Crippen molar-refractivity contribution >= 4 is 28.7 Å². The van der Waals surface area contributed by atoms with Crippen LogP contribution in [-0.4, -0.2) is 22.4 Å². The van der Waals surface area contributed by atoms with Crippen molar-refractivity contribution in [2.45, 2.75) is 56.9 Å². The van der Waals surface area contributed by atoms with Crippen LogP contribution in [0.15, 0.2) is 30.3 Å². The number of halogens is 3. The van der Waals surface area contributed by atoms with Crippen LogP contribution in [0.5, 0.6) is 0 Å². The van der Waals surface area contributed by atoms with Gasteiger partial charge in [0.05, 0.1) is 11.0 Å². The van der Waals surface area contributed by atoms with Crippen molar-refractivity contribution in [2.75, 3.05) is 0 Å². The van der Waals surface area contributed by atoms with Gasteiger partial charge in [0, 0.05) is 16.3 Å². The van der Waals surface area contributed by atoms with Gasteiger partial charge >= 0.3 is 0 Å². The zero-order chi connectivity index (χ0) is 20.3. The number of benzene rings is 1. The van der Waals surface area contributed by atoms with Crippen molar-refractivity contribution in [2.24, 2.45) is 11.8 Å². The molecule has 1 aromatic heterocycles. The molecule has 3 rings (SSSR count). The molecule has 0 aliphatic heterocycles. The normalized spacial score (nSPS) is 24.6. The van der Waals surface area contributed by atoms with Gasteiger partial charge in [-0.25, -0.2) is 8.78 Å². The molecule has 2 aromatic rings. The Morgan fingerprint density at radius 2 is 1.86 bits per heavy atom. The summed E-state index contributed by atoms with van der Waals surface area (Å²) in [5, 5.41) is 10.3. The van der Waals surface area contributed by atoms with Crippen LogP contribution in [0.25, 0.3) is 0 Å². The number of thiophene rings is 1. The van der Waals surface area contributed by atoms with Gasteiger partial charge < -0.3 is 5.11 Å². The van der Waals surface area contributed by atoms with Gasteiger partial charge in [0.15, 0.2) is 5.78 Å². The number of aliphatic hydroxyl groups is 1.